The molecule has 0 bridgehead atoms. The highest BCUT2D eigenvalue weighted by Crippen LogP contribution is 2.29. The Bertz CT molecular complexity index is 1030. The number of amides is 1. The van der Waals surface area contributed by atoms with Crippen LogP contribution in [0.4, 0.5) is 0 Å². The van der Waals surface area contributed by atoms with Gasteiger partial charge >= 0.3 is 0 Å². The number of hydrogen-bond acceptors (Lipinski definition) is 3. The van der Waals surface area contributed by atoms with E-state index in [0.29, 0.717) is 10.5 Å². The van der Waals surface area contributed by atoms with Crippen molar-refractivity contribution in [2.45, 2.75) is 64.3 Å². The Hall–Kier alpha value is -2.18. The fraction of sp³-hybridized carbons (Fsp3) is 0.458. The first kappa shape index (κ1) is 22.5. The lowest BCUT2D eigenvalue weighted by molar-refractivity contribution is 0.0793. The van der Waals surface area contributed by atoms with Gasteiger partial charge in [0, 0.05) is 25.2 Å². The van der Waals surface area contributed by atoms with Crippen molar-refractivity contribution >= 4 is 15.9 Å². The van der Waals surface area contributed by atoms with Crippen LogP contribution in [0.5, 0.6) is 0 Å². The van der Waals surface area contributed by atoms with Gasteiger partial charge in [0.25, 0.3) is 5.91 Å². The van der Waals surface area contributed by atoms with E-state index in [-0.39, 0.29) is 17.9 Å². The minimum Gasteiger partial charge on any atom is -0.339 e. The average Bonchev–Trinajstić information content (AvgIpc) is 3.22. The number of rotatable bonds is 5. The predicted octanol–water partition coefficient (Wildman–Crippen LogP) is 4.32. The first-order chi connectivity index (χ1) is 14.0. The van der Waals surface area contributed by atoms with E-state index in [4.69, 9.17) is 0 Å². The molecule has 3 rings (SSSR count). The predicted molar refractivity (Wildman–Crippen MR) is 120 cm³/mol. The molecule has 1 saturated heterocycles. The maximum Gasteiger partial charge on any atom is 0.253 e. The highest BCUT2D eigenvalue weighted by atomic mass is 32.2. The Morgan fingerprint density at radius 3 is 2.20 bits per heavy atom. The van der Waals surface area contributed by atoms with E-state index in [0.717, 1.165) is 48.2 Å². The Balaban J connectivity index is 1.75. The molecule has 0 unspecified atom stereocenters. The van der Waals surface area contributed by atoms with Crippen molar-refractivity contribution in [3.05, 3.63) is 64.2 Å². The summed E-state index contributed by atoms with van der Waals surface area (Å²) in [7, 11) is -3.66. The van der Waals surface area contributed by atoms with Crippen molar-refractivity contribution in [1.29, 1.82) is 0 Å². The molecular formula is C24H32N2O3S. The zero-order chi connectivity index (χ0) is 22.1. The molecule has 0 radical (unpaired) electrons. The van der Waals surface area contributed by atoms with E-state index in [1.54, 1.807) is 18.2 Å². The molecule has 5 nitrogen and oxygen atoms in total. The van der Waals surface area contributed by atoms with Gasteiger partial charge < -0.3 is 4.90 Å². The van der Waals surface area contributed by atoms with Gasteiger partial charge in [0.1, 0.15) is 0 Å². The molecule has 1 aliphatic rings. The van der Waals surface area contributed by atoms with E-state index in [1.165, 1.54) is 0 Å². The molecule has 2 aromatic carbocycles. The van der Waals surface area contributed by atoms with Crippen molar-refractivity contribution in [3.63, 3.8) is 0 Å². The molecule has 2 aromatic rings. The van der Waals surface area contributed by atoms with Crippen molar-refractivity contribution in [2.24, 2.45) is 0 Å². The van der Waals surface area contributed by atoms with Crippen LogP contribution in [0.2, 0.25) is 0 Å². The Morgan fingerprint density at radius 1 is 1.03 bits per heavy atom. The van der Waals surface area contributed by atoms with Gasteiger partial charge in [-0.25, -0.2) is 13.1 Å². The average molecular weight is 429 g/mol. The standard InChI is InChI=1S/C24H32N2O3S/c1-17-14-21(24(3,4)5)15-22(18(17)2)30(28,29)25-16-19-8-10-20(11-9-19)23(27)26-12-6-7-13-26/h8-11,14-15,25H,6-7,12-13,16H2,1-5H3. The maximum atomic E-state index is 13.0. The second-order valence-corrected chi connectivity index (χ2v) is 10.9. The number of nitrogens with one attached hydrogen (secondary N) is 1. The molecule has 0 saturated carbocycles. The molecule has 0 aliphatic carbocycles. The molecule has 30 heavy (non-hydrogen) atoms. The van der Waals surface area contributed by atoms with Crippen molar-refractivity contribution in [2.75, 3.05) is 13.1 Å². The monoisotopic (exact) mass is 428 g/mol. The Kier molecular flexibility index (Phi) is 6.39. The van der Waals surface area contributed by atoms with Gasteiger partial charge in [0.2, 0.25) is 10.0 Å². The van der Waals surface area contributed by atoms with Gasteiger partial charge in [-0.05, 0) is 72.6 Å². The molecule has 1 amide bonds. The molecule has 0 spiro atoms. The molecular weight excluding hydrogens is 396 g/mol. The van der Waals surface area contributed by atoms with Crippen molar-refractivity contribution < 1.29 is 13.2 Å². The van der Waals surface area contributed by atoms with Crippen LogP contribution in [0.15, 0.2) is 41.3 Å². The Morgan fingerprint density at radius 2 is 1.63 bits per heavy atom. The molecule has 1 fully saturated rings. The maximum absolute atomic E-state index is 13.0. The number of nitrogens with zero attached hydrogens (tertiary/aromatic N) is 1. The van der Waals surface area contributed by atoms with Crippen LogP contribution in [0.1, 0.15) is 66.2 Å². The highest BCUT2D eigenvalue weighted by molar-refractivity contribution is 7.89. The van der Waals surface area contributed by atoms with Crippen molar-refractivity contribution in [3.8, 4) is 0 Å². The summed E-state index contributed by atoms with van der Waals surface area (Å²) in [5, 5.41) is 0. The number of benzene rings is 2. The smallest absolute Gasteiger partial charge is 0.253 e. The summed E-state index contributed by atoms with van der Waals surface area (Å²) in [5.41, 5.74) is 4.05. The van der Waals surface area contributed by atoms with Gasteiger partial charge in [-0.15, -0.1) is 0 Å². The molecule has 1 heterocycles. The zero-order valence-electron chi connectivity index (χ0n) is 18.6. The second kappa shape index (κ2) is 8.52. The van der Waals surface area contributed by atoms with Gasteiger partial charge in [-0.2, -0.15) is 0 Å². The topological polar surface area (TPSA) is 66.5 Å². The van der Waals surface area contributed by atoms with Crippen LogP contribution in [0.3, 0.4) is 0 Å². The lowest BCUT2D eigenvalue weighted by Gasteiger charge is -2.22. The fourth-order valence-electron chi connectivity index (χ4n) is 3.66. The summed E-state index contributed by atoms with van der Waals surface area (Å²) >= 11 is 0. The summed E-state index contributed by atoms with van der Waals surface area (Å²) in [6.07, 6.45) is 2.11. The number of aryl methyl sites for hydroxylation is 1. The molecule has 1 N–H and O–H groups in total. The largest absolute Gasteiger partial charge is 0.339 e. The van der Waals surface area contributed by atoms with Crippen LogP contribution in [-0.2, 0) is 22.0 Å². The molecule has 162 valence electrons. The van der Waals surface area contributed by atoms with Gasteiger partial charge in [-0.1, -0.05) is 39.0 Å². The van der Waals surface area contributed by atoms with Crippen LogP contribution in [-0.4, -0.2) is 32.3 Å². The normalized spacial score (nSPS) is 14.9. The number of likely N-dealkylation sites (tertiary alicyclic amines) is 1. The third kappa shape index (κ3) is 4.93. The second-order valence-electron chi connectivity index (χ2n) is 9.19. The van der Waals surface area contributed by atoms with E-state index < -0.39 is 10.0 Å². The van der Waals surface area contributed by atoms with E-state index in [9.17, 15) is 13.2 Å². The third-order valence-electron chi connectivity index (χ3n) is 5.84. The van der Waals surface area contributed by atoms with Crippen LogP contribution in [0, 0.1) is 13.8 Å². The third-order valence-corrected chi connectivity index (χ3v) is 7.36. The van der Waals surface area contributed by atoms with Crippen LogP contribution >= 0.6 is 0 Å². The summed E-state index contributed by atoms with van der Waals surface area (Å²) in [6, 6.07) is 11.0. The Labute approximate surface area is 180 Å². The van der Waals surface area contributed by atoms with E-state index in [2.05, 4.69) is 31.6 Å². The molecule has 0 atom stereocenters. The fourth-order valence-corrected chi connectivity index (χ4v) is 5.02. The van der Waals surface area contributed by atoms with Crippen LogP contribution in [0.25, 0.3) is 0 Å². The molecule has 0 aromatic heterocycles. The van der Waals surface area contributed by atoms with E-state index >= 15 is 0 Å². The first-order valence-electron chi connectivity index (χ1n) is 10.5. The van der Waals surface area contributed by atoms with Gasteiger partial charge in [0.05, 0.1) is 4.90 Å². The summed E-state index contributed by atoms with van der Waals surface area (Å²) < 4.78 is 28.8. The van der Waals surface area contributed by atoms with Crippen molar-refractivity contribution in [1.82, 2.24) is 9.62 Å². The number of sulfonamides is 1. The summed E-state index contributed by atoms with van der Waals surface area (Å²) in [5.74, 6) is 0.0460. The van der Waals surface area contributed by atoms with Gasteiger partial charge in [-0.3, -0.25) is 4.79 Å². The summed E-state index contributed by atoms with van der Waals surface area (Å²) in [4.78, 5) is 14.7. The molecule has 1 aliphatic heterocycles. The minimum atomic E-state index is -3.66. The first-order valence-corrected chi connectivity index (χ1v) is 12.0. The number of carbonyl (C=O) groups excluding carboxylic acids is 1. The SMILES string of the molecule is Cc1cc(C(C)(C)C)cc(S(=O)(=O)NCc2ccc(C(=O)N3CCCC3)cc2)c1C. The van der Waals surface area contributed by atoms with Gasteiger partial charge in [0.15, 0.2) is 0 Å². The van der Waals surface area contributed by atoms with E-state index in [1.807, 2.05) is 30.9 Å². The number of carbonyl (C=O) groups is 1. The lowest BCUT2D eigenvalue weighted by atomic mass is 9.85. The summed E-state index contributed by atoms with van der Waals surface area (Å²) in [6.45, 7) is 11.8. The van der Waals surface area contributed by atoms with Crippen LogP contribution < -0.4 is 4.72 Å². The molecule has 6 heteroatoms. The number of hydrogen-bond donors (Lipinski definition) is 1. The zero-order valence-corrected chi connectivity index (χ0v) is 19.4. The highest BCUT2D eigenvalue weighted by Gasteiger charge is 2.23. The quantitative estimate of drug-likeness (QED) is 0.771. The minimum absolute atomic E-state index is 0.0460. The lowest BCUT2D eigenvalue weighted by Crippen LogP contribution is -2.27.